The molecule has 0 aromatic carbocycles. The van der Waals surface area contributed by atoms with Crippen LogP contribution in [0.2, 0.25) is 0 Å². The number of urea groups is 1. The average molecular weight is 345 g/mol. The fraction of sp³-hybridized carbons (Fsp3) is 0.722. The molecule has 4 heterocycles. The van der Waals surface area contributed by atoms with Gasteiger partial charge in [-0.25, -0.2) is 14.8 Å². The highest BCUT2D eigenvalue weighted by Crippen LogP contribution is 2.34. The Morgan fingerprint density at radius 2 is 1.76 bits per heavy atom. The maximum absolute atomic E-state index is 12.7. The third kappa shape index (κ3) is 3.29. The van der Waals surface area contributed by atoms with Crippen molar-refractivity contribution in [3.8, 4) is 0 Å². The monoisotopic (exact) mass is 345 g/mol. The molecule has 3 aliphatic heterocycles. The van der Waals surface area contributed by atoms with Gasteiger partial charge in [0, 0.05) is 62.9 Å². The number of morpholine rings is 1. The summed E-state index contributed by atoms with van der Waals surface area (Å²) in [5, 5.41) is 0. The molecule has 0 bridgehead atoms. The molecule has 0 N–H and O–H groups in total. The number of carbonyl (C=O) groups excluding carboxylic acids is 1. The maximum atomic E-state index is 12.7. The lowest BCUT2D eigenvalue weighted by Crippen LogP contribution is -2.48. The summed E-state index contributed by atoms with van der Waals surface area (Å²) < 4.78 is 5.35. The number of fused-ring (bicyclic) bond motifs is 1. The highest BCUT2D eigenvalue weighted by Gasteiger charge is 2.43. The van der Waals surface area contributed by atoms with E-state index in [0.717, 1.165) is 50.8 Å². The third-order valence-corrected chi connectivity index (χ3v) is 5.63. The van der Waals surface area contributed by atoms with Crippen LogP contribution in [-0.2, 0) is 4.74 Å². The summed E-state index contributed by atoms with van der Waals surface area (Å²) in [5.74, 6) is 2.52. The van der Waals surface area contributed by atoms with E-state index in [1.165, 1.54) is 0 Å². The molecule has 136 valence electrons. The number of hydrogen-bond acceptors (Lipinski definition) is 5. The van der Waals surface area contributed by atoms with Crippen LogP contribution in [0.1, 0.15) is 25.5 Å². The first kappa shape index (κ1) is 16.6. The van der Waals surface area contributed by atoms with Crippen LogP contribution in [0.15, 0.2) is 12.4 Å². The Kier molecular flexibility index (Phi) is 4.50. The van der Waals surface area contributed by atoms with E-state index in [9.17, 15) is 4.79 Å². The van der Waals surface area contributed by atoms with Crippen molar-refractivity contribution >= 4 is 11.8 Å². The lowest BCUT2D eigenvalue weighted by Gasteiger charge is -2.31. The van der Waals surface area contributed by atoms with Crippen LogP contribution >= 0.6 is 0 Å². The van der Waals surface area contributed by atoms with Crippen LogP contribution in [-0.4, -0.2) is 78.3 Å². The highest BCUT2D eigenvalue weighted by molar-refractivity contribution is 5.75. The molecule has 0 radical (unpaired) electrons. The van der Waals surface area contributed by atoms with Gasteiger partial charge < -0.3 is 19.4 Å². The first-order valence-corrected chi connectivity index (χ1v) is 9.30. The smallest absolute Gasteiger partial charge is 0.320 e. The number of ether oxygens (including phenoxy) is 1. The molecule has 25 heavy (non-hydrogen) atoms. The van der Waals surface area contributed by atoms with Gasteiger partial charge in [-0.1, -0.05) is 13.8 Å². The number of hydrogen-bond donors (Lipinski definition) is 0. The topological polar surface area (TPSA) is 61.8 Å². The van der Waals surface area contributed by atoms with Crippen LogP contribution < -0.4 is 4.90 Å². The molecule has 0 spiro atoms. The predicted octanol–water partition coefficient (Wildman–Crippen LogP) is 1.42. The number of carbonyl (C=O) groups is 1. The minimum absolute atomic E-state index is 0.188. The summed E-state index contributed by atoms with van der Waals surface area (Å²) in [6.07, 6.45) is 1.67. The molecule has 7 heteroatoms. The number of nitrogens with zero attached hydrogens (tertiary/aromatic N) is 5. The molecular weight excluding hydrogens is 318 g/mol. The first-order chi connectivity index (χ1) is 12.1. The molecule has 1 aromatic heterocycles. The van der Waals surface area contributed by atoms with Crippen LogP contribution in [0.3, 0.4) is 0 Å². The number of likely N-dealkylation sites (tertiary alicyclic amines) is 1. The standard InChI is InChI=1S/C18H27N5O2/c1-13(2)16-7-17(20-12-19-16)22-8-14-10-23(11-15(14)9-22)18(24)21-3-5-25-6-4-21/h7,12-15H,3-6,8-11H2,1-2H3. The van der Waals surface area contributed by atoms with Crippen LogP contribution in [0, 0.1) is 11.8 Å². The van der Waals surface area contributed by atoms with Gasteiger partial charge in [-0.3, -0.25) is 0 Å². The van der Waals surface area contributed by atoms with Gasteiger partial charge in [0.25, 0.3) is 0 Å². The van der Waals surface area contributed by atoms with E-state index in [1.54, 1.807) is 6.33 Å². The van der Waals surface area contributed by atoms with Crippen molar-refractivity contribution in [3.63, 3.8) is 0 Å². The lowest BCUT2D eigenvalue weighted by atomic mass is 10.0. The van der Waals surface area contributed by atoms with Gasteiger partial charge in [-0.2, -0.15) is 0 Å². The van der Waals surface area contributed by atoms with Gasteiger partial charge in [0.2, 0.25) is 0 Å². The van der Waals surface area contributed by atoms with Crippen LogP contribution in [0.4, 0.5) is 10.6 Å². The Bertz CT molecular complexity index is 618. The molecule has 2 amide bonds. The normalized spacial score (nSPS) is 26.4. The van der Waals surface area contributed by atoms with Crippen molar-refractivity contribution in [3.05, 3.63) is 18.1 Å². The Morgan fingerprint density at radius 1 is 1.08 bits per heavy atom. The average Bonchev–Trinajstić information content (AvgIpc) is 3.21. The molecule has 2 unspecified atom stereocenters. The number of amides is 2. The summed E-state index contributed by atoms with van der Waals surface area (Å²) in [7, 11) is 0. The fourth-order valence-corrected chi connectivity index (χ4v) is 4.14. The first-order valence-electron chi connectivity index (χ1n) is 9.30. The van der Waals surface area contributed by atoms with Crippen molar-refractivity contribution in [2.45, 2.75) is 19.8 Å². The summed E-state index contributed by atoms with van der Waals surface area (Å²) in [6, 6.07) is 2.30. The molecular formula is C18H27N5O2. The molecule has 1 aromatic rings. The largest absolute Gasteiger partial charge is 0.378 e. The minimum Gasteiger partial charge on any atom is -0.378 e. The molecule has 0 aliphatic carbocycles. The van der Waals surface area contributed by atoms with Crippen molar-refractivity contribution in [2.24, 2.45) is 11.8 Å². The van der Waals surface area contributed by atoms with Crippen molar-refractivity contribution in [2.75, 3.05) is 57.4 Å². The van der Waals surface area contributed by atoms with Gasteiger partial charge in [0.05, 0.1) is 13.2 Å². The SMILES string of the molecule is CC(C)c1cc(N2CC3CN(C(=O)N4CCOCC4)CC3C2)ncn1. The van der Waals surface area contributed by atoms with Gasteiger partial charge in [0.1, 0.15) is 12.1 Å². The molecule has 0 saturated carbocycles. The lowest BCUT2D eigenvalue weighted by molar-refractivity contribution is 0.0447. The Morgan fingerprint density at radius 3 is 2.40 bits per heavy atom. The van der Waals surface area contributed by atoms with E-state index in [0.29, 0.717) is 31.0 Å². The van der Waals surface area contributed by atoms with Gasteiger partial charge in [0.15, 0.2) is 0 Å². The second-order valence-corrected chi connectivity index (χ2v) is 7.67. The van der Waals surface area contributed by atoms with E-state index in [1.807, 2.05) is 9.80 Å². The molecule has 7 nitrogen and oxygen atoms in total. The molecule has 3 fully saturated rings. The number of anilines is 1. The van der Waals surface area contributed by atoms with E-state index in [2.05, 4.69) is 34.8 Å². The molecule has 4 rings (SSSR count). The van der Waals surface area contributed by atoms with Crippen molar-refractivity contribution < 1.29 is 9.53 Å². The number of rotatable bonds is 2. The summed E-state index contributed by atoms with van der Waals surface area (Å²) in [4.78, 5) is 27.8. The van der Waals surface area contributed by atoms with E-state index >= 15 is 0 Å². The zero-order valence-electron chi connectivity index (χ0n) is 15.1. The van der Waals surface area contributed by atoms with Crippen molar-refractivity contribution in [1.29, 1.82) is 0 Å². The zero-order chi connectivity index (χ0) is 17.4. The van der Waals surface area contributed by atoms with Gasteiger partial charge >= 0.3 is 6.03 Å². The van der Waals surface area contributed by atoms with Gasteiger partial charge in [-0.15, -0.1) is 0 Å². The molecule has 2 atom stereocenters. The summed E-state index contributed by atoms with van der Waals surface area (Å²) >= 11 is 0. The Balaban J connectivity index is 1.37. The highest BCUT2D eigenvalue weighted by atomic mass is 16.5. The summed E-state index contributed by atoms with van der Waals surface area (Å²) in [5.41, 5.74) is 1.09. The summed E-state index contributed by atoms with van der Waals surface area (Å²) in [6.45, 7) is 10.7. The van der Waals surface area contributed by atoms with E-state index in [4.69, 9.17) is 4.74 Å². The molecule has 3 aliphatic rings. The van der Waals surface area contributed by atoms with Crippen molar-refractivity contribution in [1.82, 2.24) is 19.8 Å². The number of aromatic nitrogens is 2. The fourth-order valence-electron chi connectivity index (χ4n) is 4.14. The predicted molar refractivity (Wildman–Crippen MR) is 94.7 cm³/mol. The van der Waals surface area contributed by atoms with Gasteiger partial charge in [-0.05, 0) is 5.92 Å². The van der Waals surface area contributed by atoms with Crippen LogP contribution in [0.25, 0.3) is 0 Å². The molecule has 3 saturated heterocycles. The zero-order valence-corrected chi connectivity index (χ0v) is 15.1. The van der Waals surface area contributed by atoms with E-state index in [-0.39, 0.29) is 6.03 Å². The Hall–Kier alpha value is -1.89. The minimum atomic E-state index is 0.188. The second-order valence-electron chi connectivity index (χ2n) is 7.67. The van der Waals surface area contributed by atoms with E-state index < -0.39 is 0 Å². The third-order valence-electron chi connectivity index (χ3n) is 5.63. The second kappa shape index (κ2) is 6.78. The van der Waals surface area contributed by atoms with Crippen LogP contribution in [0.5, 0.6) is 0 Å². The quantitative estimate of drug-likeness (QED) is 0.811. The maximum Gasteiger partial charge on any atom is 0.320 e. The Labute approximate surface area is 149 Å².